The van der Waals surface area contributed by atoms with Gasteiger partial charge < -0.3 is 15.6 Å². The van der Waals surface area contributed by atoms with Gasteiger partial charge in [-0.15, -0.1) is 0 Å². The van der Waals surface area contributed by atoms with Gasteiger partial charge in [-0.05, 0) is 30.3 Å². The number of rotatable bonds is 6. The molecule has 0 saturated heterocycles. The molecular weight excluding hydrogens is 264 g/mol. The number of benzene rings is 2. The van der Waals surface area contributed by atoms with Gasteiger partial charge in [-0.2, -0.15) is 0 Å². The van der Waals surface area contributed by atoms with Crippen LogP contribution in [-0.4, -0.2) is 30.7 Å². The van der Waals surface area contributed by atoms with Gasteiger partial charge in [0, 0.05) is 19.1 Å². The number of nitrogens with two attached hydrogens (primary N) is 1. The smallest absolute Gasteiger partial charge is 0.160 e. The minimum Gasteiger partial charge on any atom is -0.504 e. The molecule has 0 aliphatic carbocycles. The van der Waals surface area contributed by atoms with Crippen LogP contribution in [0.1, 0.15) is 17.2 Å². The van der Waals surface area contributed by atoms with Crippen LogP contribution < -0.4 is 10.5 Å². The summed E-state index contributed by atoms with van der Waals surface area (Å²) in [4.78, 5) is 2.20. The first-order chi connectivity index (χ1) is 10.2. The molecule has 0 aliphatic rings. The number of ether oxygens (including phenoxy) is 1. The number of methoxy groups -OCH3 is 1. The van der Waals surface area contributed by atoms with Crippen molar-refractivity contribution in [3.05, 3.63) is 59.7 Å². The van der Waals surface area contributed by atoms with Crippen LogP contribution in [0.4, 0.5) is 0 Å². The van der Waals surface area contributed by atoms with Crippen LogP contribution in [0.5, 0.6) is 11.5 Å². The van der Waals surface area contributed by atoms with E-state index in [-0.39, 0.29) is 11.8 Å². The highest BCUT2D eigenvalue weighted by molar-refractivity contribution is 5.42. The number of phenolic OH excluding ortho intramolecular Hbond substituents is 1. The molecule has 3 N–H and O–H groups in total. The number of hydrogen-bond acceptors (Lipinski definition) is 4. The molecule has 0 bridgehead atoms. The molecule has 2 aromatic rings. The van der Waals surface area contributed by atoms with E-state index in [0.717, 1.165) is 12.1 Å². The first-order valence-electron chi connectivity index (χ1n) is 6.97. The Bertz CT molecular complexity index is 572. The van der Waals surface area contributed by atoms with Crippen LogP contribution in [-0.2, 0) is 6.54 Å². The second-order valence-electron chi connectivity index (χ2n) is 5.08. The Hall–Kier alpha value is -2.04. The summed E-state index contributed by atoms with van der Waals surface area (Å²) in [6.07, 6.45) is 0. The quantitative estimate of drug-likeness (QED) is 0.856. The predicted octanol–water partition coefficient (Wildman–Crippen LogP) is 2.53. The Morgan fingerprint density at radius 2 is 1.90 bits per heavy atom. The van der Waals surface area contributed by atoms with E-state index >= 15 is 0 Å². The summed E-state index contributed by atoms with van der Waals surface area (Å²) < 4.78 is 5.17. The summed E-state index contributed by atoms with van der Waals surface area (Å²) in [5.74, 6) is 0.613. The maximum Gasteiger partial charge on any atom is 0.160 e. The molecule has 4 heteroatoms. The van der Waals surface area contributed by atoms with Gasteiger partial charge in [0.2, 0.25) is 0 Å². The van der Waals surface area contributed by atoms with Gasteiger partial charge in [-0.3, -0.25) is 4.90 Å². The van der Waals surface area contributed by atoms with Gasteiger partial charge in [0.1, 0.15) is 0 Å². The average Bonchev–Trinajstić information content (AvgIpc) is 2.50. The van der Waals surface area contributed by atoms with Crippen LogP contribution in [0.2, 0.25) is 0 Å². The third kappa shape index (κ3) is 3.74. The minimum atomic E-state index is 0.0692. The zero-order valence-corrected chi connectivity index (χ0v) is 12.5. The number of hydrogen-bond donors (Lipinski definition) is 2. The molecule has 0 saturated carbocycles. The molecule has 0 amide bonds. The molecule has 2 rings (SSSR count). The molecule has 112 valence electrons. The number of aromatic hydroxyl groups is 1. The molecule has 0 spiro atoms. The molecule has 0 radical (unpaired) electrons. The van der Waals surface area contributed by atoms with Crippen LogP contribution in [0.3, 0.4) is 0 Å². The molecule has 0 aliphatic heterocycles. The second-order valence-corrected chi connectivity index (χ2v) is 5.08. The highest BCUT2D eigenvalue weighted by atomic mass is 16.5. The monoisotopic (exact) mass is 286 g/mol. The van der Waals surface area contributed by atoms with Gasteiger partial charge in [-0.1, -0.05) is 36.4 Å². The summed E-state index contributed by atoms with van der Waals surface area (Å²) in [6, 6.07) is 15.7. The largest absolute Gasteiger partial charge is 0.504 e. The standard InChI is InChI=1S/C17H22N2O2/c1-19(12-13-6-4-3-5-7-13)15(11-18)14-8-9-16(20)17(10-14)21-2/h3-10,15,20H,11-12,18H2,1-2H3. The zero-order valence-electron chi connectivity index (χ0n) is 12.5. The Labute approximate surface area is 125 Å². The van der Waals surface area contributed by atoms with E-state index in [1.54, 1.807) is 13.2 Å². The van der Waals surface area contributed by atoms with Gasteiger partial charge in [-0.25, -0.2) is 0 Å². The van der Waals surface area contributed by atoms with Crippen molar-refractivity contribution in [1.29, 1.82) is 0 Å². The molecule has 4 nitrogen and oxygen atoms in total. The summed E-state index contributed by atoms with van der Waals surface area (Å²) in [6.45, 7) is 1.31. The number of nitrogens with zero attached hydrogens (tertiary/aromatic N) is 1. The molecule has 21 heavy (non-hydrogen) atoms. The molecule has 2 aromatic carbocycles. The maximum atomic E-state index is 9.69. The maximum absolute atomic E-state index is 9.69. The first-order valence-corrected chi connectivity index (χ1v) is 6.97. The fraction of sp³-hybridized carbons (Fsp3) is 0.294. The fourth-order valence-electron chi connectivity index (χ4n) is 2.45. The van der Waals surface area contributed by atoms with Crippen molar-refractivity contribution in [3.63, 3.8) is 0 Å². The Morgan fingerprint density at radius 3 is 2.52 bits per heavy atom. The highest BCUT2D eigenvalue weighted by Gasteiger charge is 2.17. The average molecular weight is 286 g/mol. The van der Waals surface area contributed by atoms with E-state index in [9.17, 15) is 5.11 Å². The van der Waals surface area contributed by atoms with Gasteiger partial charge in [0.25, 0.3) is 0 Å². The molecular formula is C17H22N2O2. The Morgan fingerprint density at radius 1 is 1.19 bits per heavy atom. The third-order valence-corrected chi connectivity index (χ3v) is 3.62. The molecule has 1 atom stereocenters. The number of likely N-dealkylation sites (N-methyl/N-ethyl adjacent to an activating group) is 1. The summed E-state index contributed by atoms with van der Waals surface area (Å²) in [5.41, 5.74) is 8.22. The van der Waals surface area contributed by atoms with E-state index in [1.807, 2.05) is 37.4 Å². The van der Waals surface area contributed by atoms with Crippen molar-refractivity contribution in [2.45, 2.75) is 12.6 Å². The SMILES string of the molecule is COc1cc(C(CN)N(C)Cc2ccccc2)ccc1O. The van der Waals surface area contributed by atoms with Gasteiger partial charge in [0.05, 0.1) is 7.11 Å². The molecule has 0 heterocycles. The van der Waals surface area contributed by atoms with Crippen LogP contribution in [0.15, 0.2) is 48.5 Å². The van der Waals surface area contributed by atoms with Crippen molar-refractivity contribution in [2.75, 3.05) is 20.7 Å². The van der Waals surface area contributed by atoms with Crippen LogP contribution >= 0.6 is 0 Å². The summed E-state index contributed by atoms with van der Waals surface area (Å²) >= 11 is 0. The van der Waals surface area contributed by atoms with Gasteiger partial charge in [0.15, 0.2) is 11.5 Å². The molecule has 0 fully saturated rings. The fourth-order valence-corrected chi connectivity index (χ4v) is 2.45. The van der Waals surface area contributed by atoms with Crippen molar-refractivity contribution < 1.29 is 9.84 Å². The first kappa shape index (κ1) is 15.4. The van der Waals surface area contributed by atoms with Crippen LogP contribution in [0, 0.1) is 0 Å². The van der Waals surface area contributed by atoms with Crippen molar-refractivity contribution in [2.24, 2.45) is 5.73 Å². The predicted molar refractivity (Wildman–Crippen MR) is 84.4 cm³/mol. The molecule has 0 aromatic heterocycles. The second kappa shape index (κ2) is 7.11. The number of phenols is 1. The van der Waals surface area contributed by atoms with Crippen LogP contribution in [0.25, 0.3) is 0 Å². The van der Waals surface area contributed by atoms with Crippen molar-refractivity contribution in [3.8, 4) is 11.5 Å². The van der Waals surface area contributed by atoms with E-state index in [2.05, 4.69) is 17.0 Å². The lowest BCUT2D eigenvalue weighted by Crippen LogP contribution is -2.30. The normalized spacial score (nSPS) is 12.4. The third-order valence-electron chi connectivity index (χ3n) is 3.62. The Balaban J connectivity index is 2.18. The highest BCUT2D eigenvalue weighted by Crippen LogP contribution is 2.30. The lowest BCUT2D eigenvalue weighted by Gasteiger charge is -2.27. The topological polar surface area (TPSA) is 58.7 Å². The van der Waals surface area contributed by atoms with E-state index in [0.29, 0.717) is 12.3 Å². The Kier molecular flexibility index (Phi) is 5.20. The minimum absolute atomic E-state index is 0.0692. The van der Waals surface area contributed by atoms with Gasteiger partial charge >= 0.3 is 0 Å². The summed E-state index contributed by atoms with van der Waals surface area (Å²) in [7, 11) is 3.59. The summed E-state index contributed by atoms with van der Waals surface area (Å²) in [5, 5.41) is 9.69. The lowest BCUT2D eigenvalue weighted by atomic mass is 10.0. The van der Waals surface area contributed by atoms with E-state index in [1.165, 1.54) is 5.56 Å². The van der Waals surface area contributed by atoms with E-state index < -0.39 is 0 Å². The zero-order chi connectivity index (χ0) is 15.2. The lowest BCUT2D eigenvalue weighted by molar-refractivity contribution is 0.241. The van der Waals surface area contributed by atoms with E-state index in [4.69, 9.17) is 10.5 Å². The van der Waals surface area contributed by atoms with Crippen molar-refractivity contribution >= 4 is 0 Å². The molecule has 1 unspecified atom stereocenters. The van der Waals surface area contributed by atoms with Crippen molar-refractivity contribution in [1.82, 2.24) is 4.90 Å².